The fourth-order valence-electron chi connectivity index (χ4n) is 4.83. The number of hydrogen-bond acceptors (Lipinski definition) is 12. The smallest absolute Gasteiger partial charge is 0.320 e. The maximum Gasteiger partial charge on any atom is 0.320 e. The molecule has 0 radical (unpaired) electrons. The fourth-order valence-corrected chi connectivity index (χ4v) is 4.83. The molecule has 1 rings (SSSR count). The summed E-state index contributed by atoms with van der Waals surface area (Å²) in [5.74, 6) is 1.31. The molecular weight excluding hydrogens is 618 g/mol. The Balaban J connectivity index is 3.12. The van der Waals surface area contributed by atoms with E-state index in [4.69, 9.17) is 25.4 Å². The van der Waals surface area contributed by atoms with E-state index in [1.165, 1.54) is 0 Å². The average Bonchev–Trinajstić information content (AvgIpc) is 2.90. The molecule has 1 fully saturated rings. The largest absolute Gasteiger partial charge is 0.459 e. The topological polar surface area (TPSA) is 130 Å². The van der Waals surface area contributed by atoms with Gasteiger partial charge in [-0.25, -0.2) is 0 Å². The first-order valence-corrected chi connectivity index (χ1v) is 17.1. The quantitative estimate of drug-likeness (QED) is 0.124. The Bertz CT molecular complexity index is 996. The number of carbonyl (C=O) groups excluding carboxylic acids is 4. The van der Waals surface area contributed by atoms with Crippen LogP contribution < -0.4 is 5.32 Å². The van der Waals surface area contributed by atoms with E-state index in [1.54, 1.807) is 0 Å². The Morgan fingerprint density at radius 1 is 0.583 bits per heavy atom. The molecule has 1 aliphatic heterocycles. The van der Waals surface area contributed by atoms with Crippen LogP contribution in [0.2, 0.25) is 0 Å². The summed E-state index contributed by atoms with van der Waals surface area (Å²) >= 11 is 0. The molecule has 0 aromatic carbocycles. The van der Waals surface area contributed by atoms with Crippen LogP contribution in [0, 0.1) is 12.3 Å². The third-order valence-corrected chi connectivity index (χ3v) is 6.84. The summed E-state index contributed by atoms with van der Waals surface area (Å²) in [6.45, 7) is 22.1. The number of esters is 3. The number of amides is 1. The van der Waals surface area contributed by atoms with Crippen molar-refractivity contribution in [1.82, 2.24) is 24.9 Å². The molecule has 1 amide bonds. The molecule has 0 aromatic rings. The van der Waals surface area contributed by atoms with Gasteiger partial charge in [-0.2, -0.15) is 0 Å². The lowest BCUT2D eigenvalue weighted by Gasteiger charge is -2.34. The van der Waals surface area contributed by atoms with Crippen molar-refractivity contribution in [2.24, 2.45) is 0 Å². The first kappa shape index (κ1) is 43.3. The first-order chi connectivity index (χ1) is 22.2. The summed E-state index contributed by atoms with van der Waals surface area (Å²) in [6, 6.07) is 0. The van der Waals surface area contributed by atoms with E-state index in [1.807, 2.05) is 81.9 Å². The third-order valence-electron chi connectivity index (χ3n) is 6.84. The van der Waals surface area contributed by atoms with Gasteiger partial charge < -0.3 is 24.3 Å². The van der Waals surface area contributed by atoms with Crippen molar-refractivity contribution in [3.63, 3.8) is 0 Å². The fraction of sp³-hybridized carbons (Fsp3) is 0.829. The lowest BCUT2D eigenvalue weighted by Crippen LogP contribution is -2.50. The Labute approximate surface area is 289 Å². The van der Waals surface area contributed by atoms with E-state index in [2.05, 4.69) is 11.2 Å². The Morgan fingerprint density at radius 3 is 1.23 bits per heavy atom. The zero-order valence-corrected chi connectivity index (χ0v) is 31.2. The first-order valence-electron chi connectivity index (χ1n) is 17.1. The average molecular weight is 682 g/mol. The number of hydrogen-bond donors (Lipinski definition) is 1. The second kappa shape index (κ2) is 21.4. The second-order valence-electron chi connectivity index (χ2n) is 15.2. The van der Waals surface area contributed by atoms with E-state index >= 15 is 0 Å². The standard InChI is InChI=1S/C35H63N5O8/c1-11-23-45-24-13-12-14-36-29(41)25-37-15-17-38(26-30(42)46-33(2,3)4)19-21-40(28-32(44)48-35(8,9)10)22-20-39(18-16-37)27-31(43)47-34(5,6)7/h1H,12-28H2,2-10H3,(H,36,41). The number of nitrogens with zero attached hydrogens (tertiary/aromatic N) is 4. The molecule has 13 heteroatoms. The lowest BCUT2D eigenvalue weighted by atomic mass is 10.2. The highest BCUT2D eigenvalue weighted by Gasteiger charge is 2.26. The predicted octanol–water partition coefficient (Wildman–Crippen LogP) is 1.78. The van der Waals surface area contributed by atoms with Crippen molar-refractivity contribution in [1.29, 1.82) is 0 Å². The van der Waals surface area contributed by atoms with Crippen LogP contribution in [0.25, 0.3) is 0 Å². The lowest BCUT2D eigenvalue weighted by molar-refractivity contribution is -0.158. The van der Waals surface area contributed by atoms with E-state index in [0.29, 0.717) is 65.5 Å². The molecule has 1 heterocycles. The van der Waals surface area contributed by atoms with Gasteiger partial charge in [-0.1, -0.05) is 5.92 Å². The van der Waals surface area contributed by atoms with Gasteiger partial charge in [0.15, 0.2) is 0 Å². The van der Waals surface area contributed by atoms with E-state index in [0.717, 1.165) is 12.8 Å². The molecule has 1 aliphatic rings. The van der Waals surface area contributed by atoms with Crippen LogP contribution in [0.15, 0.2) is 0 Å². The molecule has 0 aliphatic carbocycles. The highest BCUT2D eigenvalue weighted by Crippen LogP contribution is 2.11. The van der Waals surface area contributed by atoms with Crippen LogP contribution in [-0.2, 0) is 38.1 Å². The summed E-state index contributed by atoms with van der Waals surface area (Å²) < 4.78 is 22.1. The van der Waals surface area contributed by atoms with Crippen molar-refractivity contribution in [2.75, 3.05) is 98.3 Å². The summed E-state index contributed by atoms with van der Waals surface area (Å²) in [5.41, 5.74) is -1.87. The SMILES string of the molecule is C#CCOCCCCNC(=O)CN1CCN(CC(=O)OC(C)(C)C)CCN(CC(=O)OC(C)(C)C)CCN(CC(=O)OC(C)(C)C)CC1. The zero-order chi connectivity index (χ0) is 36.4. The van der Waals surface area contributed by atoms with Crippen molar-refractivity contribution < 1.29 is 38.1 Å². The summed E-state index contributed by atoms with van der Waals surface area (Å²) in [7, 11) is 0. The zero-order valence-electron chi connectivity index (χ0n) is 31.2. The van der Waals surface area contributed by atoms with Crippen LogP contribution in [0.1, 0.15) is 75.2 Å². The number of unbranched alkanes of at least 4 members (excludes halogenated alkanes) is 1. The predicted molar refractivity (Wildman–Crippen MR) is 185 cm³/mol. The summed E-state index contributed by atoms with van der Waals surface area (Å²) in [4.78, 5) is 59.5. The molecule has 276 valence electrons. The van der Waals surface area contributed by atoms with Gasteiger partial charge in [0.1, 0.15) is 23.4 Å². The van der Waals surface area contributed by atoms with Crippen LogP contribution in [0.5, 0.6) is 0 Å². The van der Waals surface area contributed by atoms with E-state index in [9.17, 15) is 19.2 Å². The van der Waals surface area contributed by atoms with Gasteiger partial charge in [-0.3, -0.25) is 38.8 Å². The maximum absolute atomic E-state index is 13.0. The van der Waals surface area contributed by atoms with Gasteiger partial charge in [0.05, 0.1) is 26.2 Å². The third kappa shape index (κ3) is 23.5. The molecule has 0 aromatic heterocycles. The molecule has 0 bridgehead atoms. The minimum absolute atomic E-state index is 0.0696. The molecule has 1 saturated heterocycles. The number of terminal acetylenes is 1. The van der Waals surface area contributed by atoms with E-state index in [-0.39, 0.29) is 56.6 Å². The van der Waals surface area contributed by atoms with Crippen LogP contribution in [0.3, 0.4) is 0 Å². The van der Waals surface area contributed by atoms with Gasteiger partial charge in [-0.05, 0) is 75.2 Å². The van der Waals surface area contributed by atoms with Gasteiger partial charge >= 0.3 is 17.9 Å². The maximum atomic E-state index is 13.0. The summed E-state index contributed by atoms with van der Waals surface area (Å²) in [6.07, 6.45) is 6.76. The minimum atomic E-state index is -0.624. The van der Waals surface area contributed by atoms with Crippen molar-refractivity contribution >= 4 is 23.8 Å². The monoisotopic (exact) mass is 681 g/mol. The van der Waals surface area contributed by atoms with Crippen LogP contribution in [-0.4, -0.2) is 159 Å². The molecule has 0 atom stereocenters. The molecule has 48 heavy (non-hydrogen) atoms. The van der Waals surface area contributed by atoms with E-state index < -0.39 is 16.8 Å². The summed E-state index contributed by atoms with van der Waals surface area (Å²) in [5, 5.41) is 2.98. The number of rotatable bonds is 14. The van der Waals surface area contributed by atoms with Crippen LogP contribution >= 0.6 is 0 Å². The number of nitrogens with one attached hydrogen (secondary N) is 1. The Kier molecular flexibility index (Phi) is 19.2. The van der Waals surface area contributed by atoms with Gasteiger partial charge in [-0.15, -0.1) is 6.42 Å². The molecular formula is C35H63N5O8. The molecule has 1 N–H and O–H groups in total. The number of ether oxygens (including phenoxy) is 4. The second-order valence-corrected chi connectivity index (χ2v) is 15.2. The van der Waals surface area contributed by atoms with Crippen molar-refractivity contribution in [3.05, 3.63) is 0 Å². The molecule has 13 nitrogen and oxygen atoms in total. The van der Waals surface area contributed by atoms with Gasteiger partial charge in [0.2, 0.25) is 5.91 Å². The van der Waals surface area contributed by atoms with Crippen molar-refractivity contribution in [2.45, 2.75) is 92.0 Å². The minimum Gasteiger partial charge on any atom is -0.459 e. The van der Waals surface area contributed by atoms with Crippen LogP contribution in [0.4, 0.5) is 0 Å². The Hall–Kier alpha value is -2.76. The molecule has 0 spiro atoms. The Morgan fingerprint density at radius 2 is 0.917 bits per heavy atom. The normalized spacial score (nSPS) is 17.0. The van der Waals surface area contributed by atoms with Gasteiger partial charge in [0, 0.05) is 65.5 Å². The highest BCUT2D eigenvalue weighted by molar-refractivity contribution is 5.78. The number of carbonyl (C=O) groups is 4. The van der Waals surface area contributed by atoms with Gasteiger partial charge in [0.25, 0.3) is 0 Å². The highest BCUT2D eigenvalue weighted by atomic mass is 16.6. The van der Waals surface area contributed by atoms with Crippen molar-refractivity contribution in [3.8, 4) is 12.3 Å². The molecule has 0 saturated carbocycles. The molecule has 0 unspecified atom stereocenters.